The summed E-state index contributed by atoms with van der Waals surface area (Å²) in [5, 5.41) is 0. The fourth-order valence-corrected chi connectivity index (χ4v) is 1.92. The molecule has 0 N–H and O–H groups in total. The number of aryl methyl sites for hydroxylation is 1. The maximum atomic E-state index is 11.5. The molecule has 1 heterocycles. The smallest absolute Gasteiger partial charge is 0.177 e. The number of carbonyl (C=O) groups excluding carboxylic acids is 1. The van der Waals surface area contributed by atoms with E-state index in [0.29, 0.717) is 12.2 Å². The van der Waals surface area contributed by atoms with Crippen molar-refractivity contribution < 1.29 is 4.79 Å². The standard InChI is InChI=1S/C14H16N2O/c1-3-14-15-9-13(11(2)17)16(14)10-12-7-5-4-6-8-12/h4-9H,3,10H2,1-2H3. The van der Waals surface area contributed by atoms with E-state index in [9.17, 15) is 4.79 Å². The van der Waals surface area contributed by atoms with Crippen molar-refractivity contribution in [1.82, 2.24) is 9.55 Å². The molecule has 0 saturated carbocycles. The molecule has 1 aromatic carbocycles. The summed E-state index contributed by atoms with van der Waals surface area (Å²) < 4.78 is 2.00. The Balaban J connectivity index is 2.37. The van der Waals surface area contributed by atoms with E-state index >= 15 is 0 Å². The largest absolute Gasteiger partial charge is 0.321 e. The van der Waals surface area contributed by atoms with E-state index in [4.69, 9.17) is 0 Å². The van der Waals surface area contributed by atoms with Crippen LogP contribution in [0.3, 0.4) is 0 Å². The van der Waals surface area contributed by atoms with Crippen molar-refractivity contribution in [2.45, 2.75) is 26.8 Å². The Hall–Kier alpha value is -1.90. The number of aromatic nitrogens is 2. The summed E-state index contributed by atoms with van der Waals surface area (Å²) in [4.78, 5) is 15.8. The zero-order valence-electron chi connectivity index (χ0n) is 10.2. The molecule has 2 rings (SSSR count). The first-order chi connectivity index (χ1) is 8.22. The number of carbonyl (C=O) groups is 1. The summed E-state index contributed by atoms with van der Waals surface area (Å²) >= 11 is 0. The minimum Gasteiger partial charge on any atom is -0.321 e. The zero-order valence-corrected chi connectivity index (χ0v) is 10.2. The fourth-order valence-electron chi connectivity index (χ4n) is 1.92. The molecule has 0 fully saturated rings. The van der Waals surface area contributed by atoms with Crippen LogP contribution in [0.1, 0.15) is 35.7 Å². The van der Waals surface area contributed by atoms with Crippen LogP contribution in [-0.2, 0) is 13.0 Å². The van der Waals surface area contributed by atoms with Crippen LogP contribution in [0.2, 0.25) is 0 Å². The molecule has 0 aliphatic rings. The maximum absolute atomic E-state index is 11.5. The van der Waals surface area contributed by atoms with Gasteiger partial charge in [0.25, 0.3) is 0 Å². The monoisotopic (exact) mass is 228 g/mol. The van der Waals surface area contributed by atoms with Crippen molar-refractivity contribution in [2.75, 3.05) is 0 Å². The van der Waals surface area contributed by atoms with Crippen LogP contribution in [-0.4, -0.2) is 15.3 Å². The highest BCUT2D eigenvalue weighted by atomic mass is 16.1. The van der Waals surface area contributed by atoms with Gasteiger partial charge >= 0.3 is 0 Å². The molecule has 0 unspecified atom stereocenters. The maximum Gasteiger partial charge on any atom is 0.177 e. The number of hydrogen-bond donors (Lipinski definition) is 0. The van der Waals surface area contributed by atoms with E-state index in [-0.39, 0.29) is 5.78 Å². The molecule has 88 valence electrons. The Kier molecular flexibility index (Phi) is 3.38. The predicted molar refractivity (Wildman–Crippen MR) is 67.2 cm³/mol. The van der Waals surface area contributed by atoms with Gasteiger partial charge < -0.3 is 4.57 Å². The number of ketones is 1. The molecule has 1 aromatic heterocycles. The van der Waals surface area contributed by atoms with Crippen LogP contribution < -0.4 is 0 Å². The number of rotatable bonds is 4. The molecule has 2 aromatic rings. The summed E-state index contributed by atoms with van der Waals surface area (Å²) in [6, 6.07) is 10.1. The third-order valence-corrected chi connectivity index (χ3v) is 2.80. The Morgan fingerprint density at radius 2 is 2.00 bits per heavy atom. The van der Waals surface area contributed by atoms with Gasteiger partial charge in [-0.3, -0.25) is 4.79 Å². The van der Waals surface area contributed by atoms with E-state index in [0.717, 1.165) is 12.2 Å². The number of imidazole rings is 1. The minimum absolute atomic E-state index is 0.0631. The van der Waals surface area contributed by atoms with Crippen LogP contribution in [0.15, 0.2) is 36.5 Å². The first-order valence-electron chi connectivity index (χ1n) is 5.81. The van der Waals surface area contributed by atoms with E-state index < -0.39 is 0 Å². The zero-order chi connectivity index (χ0) is 12.3. The lowest BCUT2D eigenvalue weighted by atomic mass is 10.2. The van der Waals surface area contributed by atoms with Gasteiger partial charge in [-0.15, -0.1) is 0 Å². The molecule has 0 aliphatic carbocycles. The van der Waals surface area contributed by atoms with Gasteiger partial charge in [-0.1, -0.05) is 37.3 Å². The average Bonchev–Trinajstić information content (AvgIpc) is 2.73. The van der Waals surface area contributed by atoms with Gasteiger partial charge in [0.1, 0.15) is 11.5 Å². The third-order valence-electron chi connectivity index (χ3n) is 2.80. The van der Waals surface area contributed by atoms with Gasteiger partial charge in [-0.2, -0.15) is 0 Å². The van der Waals surface area contributed by atoms with Crippen LogP contribution in [0.25, 0.3) is 0 Å². The van der Waals surface area contributed by atoms with Crippen LogP contribution in [0.5, 0.6) is 0 Å². The summed E-state index contributed by atoms with van der Waals surface area (Å²) in [7, 11) is 0. The van der Waals surface area contributed by atoms with Gasteiger partial charge in [0.15, 0.2) is 5.78 Å². The topological polar surface area (TPSA) is 34.9 Å². The highest BCUT2D eigenvalue weighted by molar-refractivity contribution is 5.92. The summed E-state index contributed by atoms with van der Waals surface area (Å²) in [6.07, 6.45) is 2.50. The molecular formula is C14H16N2O. The SMILES string of the molecule is CCc1ncc(C(C)=O)n1Cc1ccccc1. The van der Waals surface area contributed by atoms with E-state index in [1.165, 1.54) is 5.56 Å². The van der Waals surface area contributed by atoms with Crippen molar-refractivity contribution >= 4 is 5.78 Å². The Labute approximate surface area is 101 Å². The Bertz CT molecular complexity index is 514. The lowest BCUT2D eigenvalue weighted by Gasteiger charge is -2.09. The van der Waals surface area contributed by atoms with Gasteiger partial charge in [0.05, 0.1) is 6.20 Å². The number of benzene rings is 1. The van der Waals surface area contributed by atoms with Crippen molar-refractivity contribution in [1.29, 1.82) is 0 Å². The lowest BCUT2D eigenvalue weighted by Crippen LogP contribution is -2.10. The highest BCUT2D eigenvalue weighted by Crippen LogP contribution is 2.11. The molecule has 0 radical (unpaired) electrons. The molecule has 0 spiro atoms. The molecule has 0 amide bonds. The molecule has 17 heavy (non-hydrogen) atoms. The molecular weight excluding hydrogens is 212 g/mol. The average molecular weight is 228 g/mol. The predicted octanol–water partition coefficient (Wildman–Crippen LogP) is 2.70. The van der Waals surface area contributed by atoms with Crippen LogP contribution in [0, 0.1) is 0 Å². The third kappa shape index (κ3) is 2.44. The number of Topliss-reactive ketones (excluding diaryl/α,β-unsaturated/α-hetero) is 1. The van der Waals surface area contributed by atoms with E-state index in [1.54, 1.807) is 13.1 Å². The van der Waals surface area contributed by atoms with Gasteiger partial charge in [0, 0.05) is 19.9 Å². The first-order valence-corrected chi connectivity index (χ1v) is 5.81. The highest BCUT2D eigenvalue weighted by Gasteiger charge is 2.12. The quantitative estimate of drug-likeness (QED) is 0.754. The van der Waals surface area contributed by atoms with Gasteiger partial charge in [-0.25, -0.2) is 4.98 Å². The van der Waals surface area contributed by atoms with E-state index in [1.807, 2.05) is 29.7 Å². The van der Waals surface area contributed by atoms with Gasteiger partial charge in [0.2, 0.25) is 0 Å². The summed E-state index contributed by atoms with van der Waals surface area (Å²) in [6.45, 7) is 4.34. The molecule has 3 nitrogen and oxygen atoms in total. The normalized spacial score (nSPS) is 10.5. The van der Waals surface area contributed by atoms with Gasteiger partial charge in [-0.05, 0) is 5.56 Å². The lowest BCUT2D eigenvalue weighted by molar-refractivity contribution is 0.100. The number of nitrogens with zero attached hydrogens (tertiary/aromatic N) is 2. The van der Waals surface area contributed by atoms with Crippen molar-refractivity contribution in [3.05, 3.63) is 53.6 Å². The van der Waals surface area contributed by atoms with Crippen molar-refractivity contribution in [3.8, 4) is 0 Å². The Morgan fingerprint density at radius 1 is 1.29 bits per heavy atom. The molecule has 0 saturated heterocycles. The number of hydrogen-bond acceptors (Lipinski definition) is 2. The molecule has 0 atom stereocenters. The second-order valence-electron chi connectivity index (χ2n) is 4.04. The summed E-state index contributed by atoms with van der Waals surface area (Å²) in [5.41, 5.74) is 1.87. The fraction of sp³-hybridized carbons (Fsp3) is 0.286. The second kappa shape index (κ2) is 4.95. The molecule has 0 aliphatic heterocycles. The summed E-state index contributed by atoms with van der Waals surface area (Å²) in [5.74, 6) is 1.02. The van der Waals surface area contributed by atoms with Crippen LogP contribution in [0.4, 0.5) is 0 Å². The molecule has 3 heteroatoms. The van der Waals surface area contributed by atoms with Crippen LogP contribution >= 0.6 is 0 Å². The second-order valence-corrected chi connectivity index (χ2v) is 4.04. The van der Waals surface area contributed by atoms with Crippen molar-refractivity contribution in [3.63, 3.8) is 0 Å². The van der Waals surface area contributed by atoms with Crippen molar-refractivity contribution in [2.24, 2.45) is 0 Å². The minimum atomic E-state index is 0.0631. The Morgan fingerprint density at radius 3 is 2.59 bits per heavy atom. The first kappa shape index (κ1) is 11.6. The van der Waals surface area contributed by atoms with E-state index in [2.05, 4.69) is 17.1 Å². The molecule has 0 bridgehead atoms.